The fraction of sp³-hybridized carbons (Fsp3) is 0.526. The highest BCUT2D eigenvalue weighted by Gasteiger charge is 2.35. The van der Waals surface area contributed by atoms with E-state index < -0.39 is 0 Å². The summed E-state index contributed by atoms with van der Waals surface area (Å²) < 4.78 is 17.8. The monoisotopic (exact) mass is 444 g/mol. The van der Waals surface area contributed by atoms with Gasteiger partial charge in [0, 0.05) is 0 Å². The van der Waals surface area contributed by atoms with Gasteiger partial charge in [-0.15, -0.1) is 0 Å². The predicted molar refractivity (Wildman–Crippen MR) is 103 cm³/mol. The van der Waals surface area contributed by atoms with E-state index in [-0.39, 0.29) is 24.6 Å². The van der Waals surface area contributed by atoms with Crippen molar-refractivity contribution in [2.24, 2.45) is 0 Å². The van der Waals surface area contributed by atoms with Crippen molar-refractivity contribution in [3.05, 3.63) is 27.8 Å². The van der Waals surface area contributed by atoms with E-state index in [2.05, 4.69) is 36.1 Å². The number of carbonyl (C=O) groups is 1. The molecule has 0 amide bonds. The summed E-state index contributed by atoms with van der Waals surface area (Å²) in [6, 6.07) is 3.84. The molecule has 1 aliphatic rings. The van der Waals surface area contributed by atoms with Crippen LogP contribution in [-0.4, -0.2) is 25.3 Å². The minimum absolute atomic E-state index is 0.185. The van der Waals surface area contributed by atoms with Gasteiger partial charge >= 0.3 is 5.97 Å². The van der Waals surface area contributed by atoms with Crippen molar-refractivity contribution >= 4 is 34.6 Å². The molecule has 0 heterocycles. The Morgan fingerprint density at radius 1 is 1.38 bits per heavy atom. The summed E-state index contributed by atoms with van der Waals surface area (Å²) in [5, 5.41) is 0. The van der Waals surface area contributed by atoms with E-state index in [1.165, 1.54) is 0 Å². The maximum Gasteiger partial charge on any atom is 0.309 e. The molecule has 2 rings (SSSR count). The maximum atomic E-state index is 12.1. The lowest BCUT2D eigenvalue weighted by atomic mass is 9.99. The van der Waals surface area contributed by atoms with E-state index in [0.717, 1.165) is 41.2 Å². The van der Waals surface area contributed by atoms with Crippen molar-refractivity contribution in [3.63, 3.8) is 0 Å². The second-order valence-electron chi connectivity index (χ2n) is 6.05. The summed E-state index contributed by atoms with van der Waals surface area (Å²) >= 11 is 2.19. The Bertz CT molecular complexity index is 591. The second-order valence-corrected chi connectivity index (χ2v) is 7.22. The summed E-state index contributed by atoms with van der Waals surface area (Å²) in [6.45, 7) is 6.13. The van der Waals surface area contributed by atoms with Gasteiger partial charge in [0.05, 0.1) is 23.7 Å². The molecule has 1 aromatic carbocycles. The van der Waals surface area contributed by atoms with Gasteiger partial charge in [-0.2, -0.15) is 0 Å². The lowest BCUT2D eigenvalue weighted by Crippen LogP contribution is -2.31. The second kappa shape index (κ2) is 8.74. The molecule has 5 heteroatoms. The van der Waals surface area contributed by atoms with E-state index in [9.17, 15) is 4.79 Å². The van der Waals surface area contributed by atoms with Crippen molar-refractivity contribution in [2.45, 2.75) is 51.0 Å². The molecule has 1 aliphatic carbocycles. The Kier molecular flexibility index (Phi) is 6.95. The molecule has 0 spiro atoms. The highest BCUT2D eigenvalue weighted by atomic mass is 127. The van der Waals surface area contributed by atoms with Gasteiger partial charge in [-0.25, -0.2) is 0 Å². The summed E-state index contributed by atoms with van der Waals surface area (Å²) in [4.78, 5) is 12.1. The third-order valence-corrected chi connectivity index (χ3v) is 5.33. The first-order valence-electron chi connectivity index (χ1n) is 8.38. The SMILES string of the molecule is C=Cc1cc(I)c(OCCC(=O)OC2(CC)CCCC2)c(OC)c1. The third-order valence-electron chi connectivity index (χ3n) is 4.53. The van der Waals surface area contributed by atoms with Crippen LogP contribution in [0.25, 0.3) is 6.08 Å². The molecule has 1 fully saturated rings. The smallest absolute Gasteiger partial charge is 0.309 e. The molecule has 0 aromatic heterocycles. The van der Waals surface area contributed by atoms with E-state index in [0.29, 0.717) is 11.5 Å². The van der Waals surface area contributed by atoms with Gasteiger partial charge in [0.1, 0.15) is 5.60 Å². The van der Waals surface area contributed by atoms with Crippen LogP contribution in [0.5, 0.6) is 11.5 Å². The van der Waals surface area contributed by atoms with E-state index >= 15 is 0 Å². The van der Waals surface area contributed by atoms with Gasteiger partial charge in [-0.1, -0.05) is 19.6 Å². The quantitative estimate of drug-likeness (QED) is 0.419. The zero-order chi connectivity index (χ0) is 17.6. The number of halogens is 1. The minimum Gasteiger partial charge on any atom is -0.493 e. The number of benzene rings is 1. The highest BCUT2D eigenvalue weighted by Crippen LogP contribution is 2.37. The van der Waals surface area contributed by atoms with Crippen molar-refractivity contribution in [2.75, 3.05) is 13.7 Å². The lowest BCUT2D eigenvalue weighted by Gasteiger charge is -2.27. The summed E-state index contributed by atoms with van der Waals surface area (Å²) in [5.74, 6) is 1.11. The zero-order valence-corrected chi connectivity index (χ0v) is 16.6. The van der Waals surface area contributed by atoms with E-state index in [4.69, 9.17) is 14.2 Å². The number of hydrogen-bond acceptors (Lipinski definition) is 4. The predicted octanol–water partition coefficient (Wildman–Crippen LogP) is 4.98. The average Bonchev–Trinajstić information content (AvgIpc) is 3.04. The first kappa shape index (κ1) is 19.1. The Morgan fingerprint density at radius 3 is 2.67 bits per heavy atom. The normalized spacial score (nSPS) is 15.8. The van der Waals surface area contributed by atoms with Crippen molar-refractivity contribution in [1.29, 1.82) is 0 Å². The number of ether oxygens (including phenoxy) is 3. The van der Waals surface area contributed by atoms with Gasteiger partial charge in [-0.3, -0.25) is 4.79 Å². The van der Waals surface area contributed by atoms with Crippen LogP contribution < -0.4 is 9.47 Å². The average molecular weight is 444 g/mol. The molecule has 0 atom stereocenters. The number of rotatable bonds is 8. The lowest BCUT2D eigenvalue weighted by molar-refractivity contribution is -0.160. The van der Waals surface area contributed by atoms with Crippen LogP contribution in [0.2, 0.25) is 0 Å². The van der Waals surface area contributed by atoms with E-state index in [1.54, 1.807) is 13.2 Å². The van der Waals surface area contributed by atoms with Gasteiger partial charge in [0.15, 0.2) is 11.5 Å². The molecule has 0 aliphatic heterocycles. The van der Waals surface area contributed by atoms with E-state index in [1.807, 2.05) is 12.1 Å². The fourth-order valence-electron chi connectivity index (χ4n) is 3.07. The topological polar surface area (TPSA) is 44.8 Å². The summed E-state index contributed by atoms with van der Waals surface area (Å²) in [6.07, 6.45) is 7.12. The number of hydrogen-bond donors (Lipinski definition) is 0. The van der Waals surface area contributed by atoms with Crippen LogP contribution in [0.3, 0.4) is 0 Å². The highest BCUT2D eigenvalue weighted by molar-refractivity contribution is 14.1. The van der Waals surface area contributed by atoms with Gasteiger partial charge in [0.25, 0.3) is 0 Å². The fourth-order valence-corrected chi connectivity index (χ4v) is 3.85. The number of carbonyl (C=O) groups excluding carboxylic acids is 1. The Balaban J connectivity index is 1.92. The van der Waals surface area contributed by atoms with Crippen molar-refractivity contribution in [1.82, 2.24) is 0 Å². The molecule has 24 heavy (non-hydrogen) atoms. The first-order chi connectivity index (χ1) is 11.5. The first-order valence-corrected chi connectivity index (χ1v) is 9.46. The van der Waals surface area contributed by atoms with Crippen LogP contribution in [0.15, 0.2) is 18.7 Å². The van der Waals surface area contributed by atoms with Crippen LogP contribution in [0, 0.1) is 3.57 Å². The summed E-state index contributed by atoms with van der Waals surface area (Å²) in [7, 11) is 1.60. The standard InChI is InChI=1S/C19H25IO4/c1-4-14-12-15(20)18(16(13-14)22-3)23-11-8-17(21)24-19(5-2)9-6-7-10-19/h4,12-13H,1,5-11H2,2-3H3. The molecule has 0 bridgehead atoms. The molecule has 0 N–H and O–H groups in total. The van der Waals surface area contributed by atoms with Crippen LogP contribution >= 0.6 is 22.6 Å². The third kappa shape index (κ3) is 4.65. The van der Waals surface area contributed by atoms with Crippen LogP contribution in [-0.2, 0) is 9.53 Å². The zero-order valence-electron chi connectivity index (χ0n) is 14.4. The molecule has 1 saturated carbocycles. The molecule has 0 saturated heterocycles. The van der Waals surface area contributed by atoms with Gasteiger partial charge < -0.3 is 14.2 Å². The molecular formula is C19H25IO4. The molecular weight excluding hydrogens is 419 g/mol. The van der Waals surface area contributed by atoms with Crippen molar-refractivity contribution < 1.29 is 19.0 Å². The Labute approximate surface area is 157 Å². The van der Waals surface area contributed by atoms with Crippen LogP contribution in [0.4, 0.5) is 0 Å². The molecule has 132 valence electrons. The number of methoxy groups -OCH3 is 1. The molecule has 0 radical (unpaired) electrons. The molecule has 4 nitrogen and oxygen atoms in total. The van der Waals surface area contributed by atoms with Crippen molar-refractivity contribution in [3.8, 4) is 11.5 Å². The molecule has 0 unspecified atom stereocenters. The minimum atomic E-state index is -0.241. The van der Waals surface area contributed by atoms with Gasteiger partial charge in [-0.05, 0) is 72.4 Å². The summed E-state index contributed by atoms with van der Waals surface area (Å²) in [5.41, 5.74) is 0.726. The largest absolute Gasteiger partial charge is 0.493 e. The van der Waals surface area contributed by atoms with Gasteiger partial charge in [0.2, 0.25) is 0 Å². The van der Waals surface area contributed by atoms with Crippen LogP contribution in [0.1, 0.15) is 51.0 Å². The molecule has 1 aromatic rings. The number of esters is 1. The Morgan fingerprint density at radius 2 is 2.08 bits per heavy atom. The Hall–Kier alpha value is -1.24. The maximum absolute atomic E-state index is 12.1.